The molecular formula is C24H27F2N3O5S. The van der Waals surface area contributed by atoms with Crippen molar-refractivity contribution in [1.29, 1.82) is 0 Å². The number of likely N-dealkylation sites (N-methyl/N-ethyl adjacent to an activating group) is 1. The zero-order chi connectivity index (χ0) is 25.9. The van der Waals surface area contributed by atoms with Crippen LogP contribution in [0.25, 0.3) is 0 Å². The van der Waals surface area contributed by atoms with E-state index in [-0.39, 0.29) is 16.3 Å². The Kier molecular flexibility index (Phi) is 7.69. The minimum Gasteiger partial charge on any atom is -0.494 e. The van der Waals surface area contributed by atoms with E-state index in [1.54, 1.807) is 43.0 Å². The molecule has 0 saturated carbocycles. The van der Waals surface area contributed by atoms with Crippen LogP contribution in [-0.4, -0.2) is 54.3 Å². The molecule has 1 atom stereocenters. The van der Waals surface area contributed by atoms with Gasteiger partial charge in [-0.2, -0.15) is 5.16 Å². The van der Waals surface area contributed by atoms with Gasteiger partial charge in [-0.05, 0) is 55.5 Å². The van der Waals surface area contributed by atoms with Gasteiger partial charge in [0.1, 0.15) is 23.4 Å². The molecule has 0 spiro atoms. The molecule has 3 aromatic rings. The Bertz CT molecular complexity index is 1260. The molecule has 2 N–H and O–H groups in total. The quantitative estimate of drug-likeness (QED) is 0.477. The maximum absolute atomic E-state index is 14.7. The summed E-state index contributed by atoms with van der Waals surface area (Å²) >= 11 is 0. The number of rotatable bonds is 8. The van der Waals surface area contributed by atoms with Gasteiger partial charge in [0.2, 0.25) is 5.76 Å². The van der Waals surface area contributed by atoms with E-state index in [0.29, 0.717) is 17.9 Å². The lowest BCUT2D eigenvalue weighted by molar-refractivity contribution is -0.120. The van der Waals surface area contributed by atoms with Gasteiger partial charge in [0, 0.05) is 12.7 Å². The number of nitrogens with one attached hydrogen (secondary N) is 2. The second-order valence-electron chi connectivity index (χ2n) is 8.49. The number of carbonyl (C=O) groups is 2. The van der Waals surface area contributed by atoms with Crippen molar-refractivity contribution in [3.63, 3.8) is 0 Å². The van der Waals surface area contributed by atoms with Crippen molar-refractivity contribution in [2.75, 3.05) is 37.7 Å². The van der Waals surface area contributed by atoms with Gasteiger partial charge in [0.05, 0.1) is 17.6 Å². The molecule has 2 amide bonds. The third-order valence-corrected chi connectivity index (χ3v) is 6.69. The second kappa shape index (κ2) is 10.3. The maximum Gasteiger partial charge on any atom is 0.293 e. The van der Waals surface area contributed by atoms with Crippen molar-refractivity contribution >= 4 is 27.5 Å². The van der Waals surface area contributed by atoms with Crippen molar-refractivity contribution in [3.8, 4) is 5.75 Å². The number of anilines is 1. The molecule has 3 rings (SSSR count). The number of aromatic amines is 1. The van der Waals surface area contributed by atoms with Crippen LogP contribution in [-0.2, 0) is 4.79 Å². The molecule has 1 unspecified atom stereocenters. The summed E-state index contributed by atoms with van der Waals surface area (Å²) in [6.45, 7) is 2.27. The van der Waals surface area contributed by atoms with Crippen molar-refractivity contribution in [3.05, 3.63) is 75.8 Å². The van der Waals surface area contributed by atoms with E-state index in [1.165, 1.54) is 7.05 Å². The molecule has 0 bridgehead atoms. The molecule has 188 valence electrons. The molecular weight excluding hydrogens is 480 g/mol. The molecule has 0 aliphatic heterocycles. The first kappa shape index (κ1) is 26.0. The number of nitrogens with zero attached hydrogens (tertiary/aromatic N) is 1. The first-order valence-corrected chi connectivity index (χ1v) is 13.4. The van der Waals surface area contributed by atoms with Gasteiger partial charge in [0.25, 0.3) is 17.4 Å². The summed E-state index contributed by atoms with van der Waals surface area (Å²) in [5, 5.41) is 4.53. The maximum atomic E-state index is 14.7. The third kappa shape index (κ3) is 5.91. The topological polar surface area (TPSA) is 105 Å². The van der Waals surface area contributed by atoms with Gasteiger partial charge in [-0.25, -0.2) is 18.8 Å². The summed E-state index contributed by atoms with van der Waals surface area (Å²) in [4.78, 5) is 38.7. The highest BCUT2D eigenvalue weighted by Gasteiger charge is 2.32. The standard InChI is InChI=1S/C24H27F2N3O5S/c1-6-33-16-9-7-14(8-10-16)21(29(2)24(32)19-13-20(30)28-34-19)23(31)27-15-11-17(25)22(18(26)12-15)35(3,4)5/h7-13,21H,6H2,1-5H3,(H,27,31)(H,28,30). The molecule has 0 fully saturated rings. The van der Waals surface area contributed by atoms with Crippen molar-refractivity contribution in [1.82, 2.24) is 10.1 Å². The lowest BCUT2D eigenvalue weighted by Crippen LogP contribution is -2.38. The van der Waals surface area contributed by atoms with Crippen molar-refractivity contribution < 1.29 is 27.6 Å². The van der Waals surface area contributed by atoms with E-state index in [9.17, 15) is 23.2 Å². The number of H-pyrrole nitrogens is 1. The fraction of sp³-hybridized carbons (Fsp3) is 0.292. The van der Waals surface area contributed by atoms with Crippen LogP contribution in [0.3, 0.4) is 0 Å². The van der Waals surface area contributed by atoms with Gasteiger partial charge in [0.15, 0.2) is 0 Å². The molecule has 0 aliphatic rings. The highest BCUT2D eigenvalue weighted by molar-refractivity contribution is 8.32. The van der Waals surface area contributed by atoms with Gasteiger partial charge in [-0.1, -0.05) is 12.1 Å². The van der Waals surface area contributed by atoms with Crippen molar-refractivity contribution in [2.45, 2.75) is 17.9 Å². The van der Waals surface area contributed by atoms with Gasteiger partial charge < -0.3 is 19.5 Å². The predicted octanol–water partition coefficient (Wildman–Crippen LogP) is 4.15. The Morgan fingerprint density at radius 2 is 1.71 bits per heavy atom. The van der Waals surface area contributed by atoms with E-state index in [1.807, 2.05) is 12.1 Å². The highest BCUT2D eigenvalue weighted by Crippen LogP contribution is 2.48. The Balaban J connectivity index is 1.97. The number of benzene rings is 2. The largest absolute Gasteiger partial charge is 0.494 e. The summed E-state index contributed by atoms with van der Waals surface area (Å²) in [6.07, 6.45) is 5.28. The number of ether oxygens (including phenoxy) is 1. The summed E-state index contributed by atoms with van der Waals surface area (Å²) in [7, 11) is -0.347. The summed E-state index contributed by atoms with van der Waals surface area (Å²) in [5.41, 5.74) is -0.311. The SMILES string of the molecule is CCOc1ccc(C(C(=O)Nc2cc(F)c(S(C)(C)C)c(F)c2)N(C)C(=O)c2cc(=O)[nH]o2)cc1. The molecule has 1 aromatic heterocycles. The second-order valence-corrected chi connectivity index (χ2v) is 12.6. The molecule has 8 nitrogen and oxygen atoms in total. The van der Waals surface area contributed by atoms with E-state index < -0.39 is 45.1 Å². The van der Waals surface area contributed by atoms with Gasteiger partial charge in [-0.15, -0.1) is 0 Å². The molecule has 11 heteroatoms. The van der Waals surface area contributed by atoms with E-state index in [0.717, 1.165) is 23.1 Å². The van der Waals surface area contributed by atoms with Crippen LogP contribution >= 0.6 is 10.0 Å². The highest BCUT2D eigenvalue weighted by atomic mass is 32.3. The average Bonchev–Trinajstić information content (AvgIpc) is 3.19. The Hall–Kier alpha value is -3.60. The first-order chi connectivity index (χ1) is 16.4. The van der Waals surface area contributed by atoms with E-state index in [4.69, 9.17) is 9.26 Å². The summed E-state index contributed by atoms with van der Waals surface area (Å²) in [5.74, 6) is -2.74. The van der Waals surface area contributed by atoms with Gasteiger partial charge >= 0.3 is 0 Å². The van der Waals surface area contributed by atoms with Crippen LogP contribution in [0.1, 0.15) is 29.1 Å². The number of carbonyl (C=O) groups excluding carboxylic acids is 2. The number of amides is 2. The fourth-order valence-electron chi connectivity index (χ4n) is 3.57. The Labute approximate surface area is 202 Å². The van der Waals surface area contributed by atoms with E-state index >= 15 is 0 Å². The molecule has 35 heavy (non-hydrogen) atoms. The van der Waals surface area contributed by atoms with Crippen LogP contribution in [0.5, 0.6) is 5.75 Å². The zero-order valence-electron chi connectivity index (χ0n) is 20.0. The average molecular weight is 508 g/mol. The monoisotopic (exact) mass is 507 g/mol. The minimum absolute atomic E-state index is 0.0201. The summed E-state index contributed by atoms with van der Waals surface area (Å²) < 4.78 is 39.7. The van der Waals surface area contributed by atoms with Crippen LogP contribution in [0, 0.1) is 11.6 Å². The number of hydrogen-bond acceptors (Lipinski definition) is 5. The Morgan fingerprint density at radius 3 is 2.20 bits per heavy atom. The lowest BCUT2D eigenvalue weighted by Gasteiger charge is -2.28. The van der Waals surface area contributed by atoms with Crippen molar-refractivity contribution in [2.24, 2.45) is 0 Å². The normalized spacial score (nSPS) is 12.7. The molecule has 2 aromatic carbocycles. The van der Waals surface area contributed by atoms with Crippen LogP contribution < -0.4 is 15.6 Å². The molecule has 0 radical (unpaired) electrons. The van der Waals surface area contributed by atoms with Crippen LogP contribution in [0.15, 0.2) is 56.7 Å². The van der Waals surface area contributed by atoms with Gasteiger partial charge in [-0.3, -0.25) is 14.4 Å². The zero-order valence-corrected chi connectivity index (χ0v) is 20.8. The smallest absolute Gasteiger partial charge is 0.293 e. The first-order valence-electron chi connectivity index (χ1n) is 10.6. The van der Waals surface area contributed by atoms with Crippen LogP contribution in [0.4, 0.5) is 14.5 Å². The third-order valence-electron chi connectivity index (χ3n) is 5.08. The molecule has 1 heterocycles. The molecule has 0 saturated heterocycles. The minimum atomic E-state index is -1.70. The fourth-order valence-corrected chi connectivity index (χ4v) is 4.86. The number of aromatic nitrogens is 1. The Morgan fingerprint density at radius 1 is 1.11 bits per heavy atom. The number of hydrogen-bond donors (Lipinski definition) is 2. The summed E-state index contributed by atoms with van der Waals surface area (Å²) in [6, 6.07) is 8.30. The van der Waals surface area contributed by atoms with E-state index in [2.05, 4.69) is 5.32 Å². The number of halogens is 2. The van der Waals surface area contributed by atoms with Crippen LogP contribution in [0.2, 0.25) is 0 Å². The molecule has 0 aliphatic carbocycles. The predicted molar refractivity (Wildman–Crippen MR) is 130 cm³/mol. The lowest BCUT2D eigenvalue weighted by atomic mass is 10.0.